The highest BCUT2D eigenvalue weighted by atomic mass is 16.5. The minimum Gasteiger partial charge on any atom is -0.378 e. The molecule has 2 aliphatic heterocycles. The zero-order valence-corrected chi connectivity index (χ0v) is 10.00. The number of carbonyl (C=O) groups is 1. The molecule has 0 aromatic rings. The van der Waals surface area contributed by atoms with Crippen molar-refractivity contribution in [3.8, 4) is 0 Å². The number of rotatable bonds is 4. The first kappa shape index (κ1) is 11.9. The molecule has 92 valence electrons. The molecule has 2 saturated heterocycles. The standard InChI is InChI=1S/C12H22N2O2/c1-9-6-11(8-16-9)12(15)14-5-3-10-2-4-13-7-10/h9-11,13H,2-8H2,1H3,(H,14,15). The molecule has 0 bridgehead atoms. The molecule has 1 amide bonds. The Morgan fingerprint density at radius 3 is 3.06 bits per heavy atom. The Bertz CT molecular complexity index is 239. The van der Waals surface area contributed by atoms with Crippen LogP contribution >= 0.6 is 0 Å². The number of nitrogens with one attached hydrogen (secondary N) is 2. The summed E-state index contributed by atoms with van der Waals surface area (Å²) in [5.41, 5.74) is 0. The van der Waals surface area contributed by atoms with E-state index in [1.807, 2.05) is 6.92 Å². The van der Waals surface area contributed by atoms with Gasteiger partial charge >= 0.3 is 0 Å². The average molecular weight is 226 g/mol. The van der Waals surface area contributed by atoms with Gasteiger partial charge in [-0.2, -0.15) is 0 Å². The van der Waals surface area contributed by atoms with Crippen molar-refractivity contribution < 1.29 is 9.53 Å². The molecule has 3 atom stereocenters. The molecule has 0 aliphatic carbocycles. The molecule has 3 unspecified atom stereocenters. The predicted molar refractivity (Wildman–Crippen MR) is 62.1 cm³/mol. The highest BCUT2D eigenvalue weighted by molar-refractivity contribution is 5.79. The van der Waals surface area contributed by atoms with Gasteiger partial charge in [-0.3, -0.25) is 4.79 Å². The number of amides is 1. The first-order chi connectivity index (χ1) is 7.75. The summed E-state index contributed by atoms with van der Waals surface area (Å²) in [6, 6.07) is 0. The second-order valence-corrected chi connectivity index (χ2v) is 5.02. The summed E-state index contributed by atoms with van der Waals surface area (Å²) < 4.78 is 5.40. The highest BCUT2D eigenvalue weighted by Crippen LogP contribution is 2.19. The summed E-state index contributed by atoms with van der Waals surface area (Å²) in [5.74, 6) is 1.01. The van der Waals surface area contributed by atoms with Crippen LogP contribution in [0.15, 0.2) is 0 Å². The van der Waals surface area contributed by atoms with Gasteiger partial charge in [-0.25, -0.2) is 0 Å². The Morgan fingerprint density at radius 1 is 1.56 bits per heavy atom. The molecule has 4 nitrogen and oxygen atoms in total. The van der Waals surface area contributed by atoms with Gasteiger partial charge in [0.05, 0.1) is 18.6 Å². The van der Waals surface area contributed by atoms with Crippen LogP contribution in [0.2, 0.25) is 0 Å². The predicted octanol–water partition coefficient (Wildman–Crippen LogP) is 0.527. The third kappa shape index (κ3) is 3.19. The Balaban J connectivity index is 1.60. The van der Waals surface area contributed by atoms with Gasteiger partial charge in [0.15, 0.2) is 0 Å². The summed E-state index contributed by atoms with van der Waals surface area (Å²) in [4.78, 5) is 11.8. The second-order valence-electron chi connectivity index (χ2n) is 5.02. The van der Waals surface area contributed by atoms with Crippen molar-refractivity contribution in [2.75, 3.05) is 26.2 Å². The third-order valence-electron chi connectivity index (χ3n) is 3.58. The van der Waals surface area contributed by atoms with Crippen molar-refractivity contribution >= 4 is 5.91 Å². The molecule has 0 radical (unpaired) electrons. The van der Waals surface area contributed by atoms with Crippen molar-refractivity contribution in [2.24, 2.45) is 11.8 Å². The summed E-state index contributed by atoms with van der Waals surface area (Å²) in [5, 5.41) is 6.36. The van der Waals surface area contributed by atoms with E-state index in [-0.39, 0.29) is 17.9 Å². The van der Waals surface area contributed by atoms with Gasteiger partial charge in [-0.1, -0.05) is 0 Å². The van der Waals surface area contributed by atoms with Gasteiger partial charge in [-0.05, 0) is 45.2 Å². The summed E-state index contributed by atoms with van der Waals surface area (Å²) >= 11 is 0. The fourth-order valence-corrected chi connectivity index (χ4v) is 2.50. The molecule has 0 aromatic heterocycles. The van der Waals surface area contributed by atoms with E-state index >= 15 is 0 Å². The first-order valence-electron chi connectivity index (χ1n) is 6.35. The van der Waals surface area contributed by atoms with Crippen molar-refractivity contribution in [3.63, 3.8) is 0 Å². The van der Waals surface area contributed by atoms with Crippen molar-refractivity contribution in [3.05, 3.63) is 0 Å². The van der Waals surface area contributed by atoms with Crippen LogP contribution in [0.3, 0.4) is 0 Å². The van der Waals surface area contributed by atoms with Gasteiger partial charge < -0.3 is 15.4 Å². The average Bonchev–Trinajstić information content (AvgIpc) is 2.89. The molecule has 0 spiro atoms. The molecular formula is C12H22N2O2. The van der Waals surface area contributed by atoms with Crippen LogP contribution in [0, 0.1) is 11.8 Å². The molecule has 0 saturated carbocycles. The molecule has 2 rings (SSSR count). The van der Waals surface area contributed by atoms with Crippen molar-refractivity contribution in [2.45, 2.75) is 32.3 Å². The van der Waals surface area contributed by atoms with E-state index in [4.69, 9.17) is 4.74 Å². The van der Waals surface area contributed by atoms with Crippen LogP contribution in [0.4, 0.5) is 0 Å². The van der Waals surface area contributed by atoms with E-state index in [9.17, 15) is 4.79 Å². The maximum Gasteiger partial charge on any atom is 0.225 e. The Labute approximate surface area is 97.1 Å². The Morgan fingerprint density at radius 2 is 2.44 bits per heavy atom. The number of hydrogen-bond acceptors (Lipinski definition) is 3. The van der Waals surface area contributed by atoms with Crippen molar-refractivity contribution in [1.29, 1.82) is 0 Å². The third-order valence-corrected chi connectivity index (χ3v) is 3.58. The molecule has 2 heterocycles. The molecule has 0 aromatic carbocycles. The van der Waals surface area contributed by atoms with E-state index in [0.29, 0.717) is 6.61 Å². The lowest BCUT2D eigenvalue weighted by molar-refractivity contribution is -0.124. The minimum atomic E-state index is 0.0803. The van der Waals surface area contributed by atoms with E-state index in [1.165, 1.54) is 6.42 Å². The van der Waals surface area contributed by atoms with Gasteiger partial charge in [-0.15, -0.1) is 0 Å². The second kappa shape index (κ2) is 5.64. The van der Waals surface area contributed by atoms with Crippen LogP contribution in [0.1, 0.15) is 26.2 Å². The zero-order chi connectivity index (χ0) is 11.4. The largest absolute Gasteiger partial charge is 0.378 e. The van der Waals surface area contributed by atoms with Gasteiger partial charge in [0.25, 0.3) is 0 Å². The first-order valence-corrected chi connectivity index (χ1v) is 6.35. The number of carbonyl (C=O) groups excluding carboxylic acids is 1. The van der Waals surface area contributed by atoms with E-state index in [0.717, 1.165) is 38.4 Å². The van der Waals surface area contributed by atoms with Crippen LogP contribution in [-0.4, -0.2) is 38.3 Å². The Hall–Kier alpha value is -0.610. The monoisotopic (exact) mass is 226 g/mol. The lowest BCUT2D eigenvalue weighted by Gasteiger charge is -2.11. The summed E-state index contributed by atoms with van der Waals surface area (Å²) in [6.07, 6.45) is 3.47. The molecule has 2 fully saturated rings. The zero-order valence-electron chi connectivity index (χ0n) is 10.00. The lowest BCUT2D eigenvalue weighted by Crippen LogP contribution is -2.32. The fraction of sp³-hybridized carbons (Fsp3) is 0.917. The highest BCUT2D eigenvalue weighted by Gasteiger charge is 2.28. The van der Waals surface area contributed by atoms with E-state index in [1.54, 1.807) is 0 Å². The molecule has 4 heteroatoms. The summed E-state index contributed by atoms with van der Waals surface area (Å²) in [6.45, 7) is 5.68. The normalized spacial score (nSPS) is 34.2. The Kier molecular flexibility index (Phi) is 4.18. The van der Waals surface area contributed by atoms with Crippen molar-refractivity contribution in [1.82, 2.24) is 10.6 Å². The van der Waals surface area contributed by atoms with E-state index < -0.39 is 0 Å². The van der Waals surface area contributed by atoms with Crippen LogP contribution < -0.4 is 10.6 Å². The fourth-order valence-electron chi connectivity index (χ4n) is 2.50. The molecule has 2 N–H and O–H groups in total. The van der Waals surface area contributed by atoms with Crippen LogP contribution in [0.5, 0.6) is 0 Å². The minimum absolute atomic E-state index is 0.0803. The van der Waals surface area contributed by atoms with Crippen LogP contribution in [-0.2, 0) is 9.53 Å². The SMILES string of the molecule is CC1CC(C(=O)NCCC2CCNC2)CO1. The lowest BCUT2D eigenvalue weighted by atomic mass is 10.0. The number of ether oxygens (including phenoxy) is 1. The quantitative estimate of drug-likeness (QED) is 0.735. The van der Waals surface area contributed by atoms with Gasteiger partial charge in [0.1, 0.15) is 0 Å². The maximum atomic E-state index is 11.8. The van der Waals surface area contributed by atoms with Gasteiger partial charge in [0.2, 0.25) is 5.91 Å². The molecule has 16 heavy (non-hydrogen) atoms. The summed E-state index contributed by atoms with van der Waals surface area (Å²) in [7, 11) is 0. The smallest absolute Gasteiger partial charge is 0.225 e. The topological polar surface area (TPSA) is 50.4 Å². The molecular weight excluding hydrogens is 204 g/mol. The maximum absolute atomic E-state index is 11.8. The van der Waals surface area contributed by atoms with Crippen LogP contribution in [0.25, 0.3) is 0 Å². The van der Waals surface area contributed by atoms with E-state index in [2.05, 4.69) is 10.6 Å². The van der Waals surface area contributed by atoms with Gasteiger partial charge in [0, 0.05) is 6.54 Å². The number of hydrogen-bond donors (Lipinski definition) is 2. The molecule has 2 aliphatic rings.